The molecule has 94 valence electrons. The van der Waals surface area contributed by atoms with Crippen LogP contribution < -0.4 is 0 Å². The highest BCUT2D eigenvalue weighted by Gasteiger charge is 2.41. The van der Waals surface area contributed by atoms with E-state index < -0.39 is 15.6 Å². The molecule has 1 aromatic carbocycles. The molecule has 1 aliphatic rings. The van der Waals surface area contributed by atoms with Crippen molar-refractivity contribution in [1.82, 2.24) is 4.31 Å². The number of rotatable bonds is 2. The van der Waals surface area contributed by atoms with E-state index in [1.807, 2.05) is 20.8 Å². The van der Waals surface area contributed by atoms with Gasteiger partial charge in [0.1, 0.15) is 6.73 Å². The van der Waals surface area contributed by atoms with Gasteiger partial charge in [-0.2, -0.15) is 4.31 Å². The van der Waals surface area contributed by atoms with Crippen LogP contribution >= 0.6 is 0 Å². The summed E-state index contributed by atoms with van der Waals surface area (Å²) >= 11 is 0. The fraction of sp³-hybridized carbons (Fsp3) is 0.500. The smallest absolute Gasteiger partial charge is 0.245 e. The van der Waals surface area contributed by atoms with Gasteiger partial charge in [0.2, 0.25) is 10.0 Å². The van der Waals surface area contributed by atoms with E-state index in [0.29, 0.717) is 11.5 Å². The fourth-order valence-electron chi connectivity index (χ4n) is 1.86. The molecule has 0 saturated carbocycles. The van der Waals surface area contributed by atoms with Gasteiger partial charge in [-0.1, -0.05) is 17.7 Å². The van der Waals surface area contributed by atoms with E-state index in [1.54, 1.807) is 24.3 Å². The Balaban J connectivity index is 2.40. The molecule has 17 heavy (non-hydrogen) atoms. The zero-order chi connectivity index (χ0) is 12.7. The summed E-state index contributed by atoms with van der Waals surface area (Å²) in [4.78, 5) is 0.321. The zero-order valence-corrected chi connectivity index (χ0v) is 11.1. The molecule has 0 bridgehead atoms. The van der Waals surface area contributed by atoms with E-state index in [9.17, 15) is 8.42 Å². The first-order chi connectivity index (χ1) is 7.84. The molecule has 1 aliphatic heterocycles. The third kappa shape index (κ3) is 2.22. The Labute approximate surface area is 102 Å². The van der Waals surface area contributed by atoms with E-state index in [-0.39, 0.29) is 6.73 Å². The van der Waals surface area contributed by atoms with Crippen LogP contribution in [-0.4, -0.2) is 31.6 Å². The van der Waals surface area contributed by atoms with Gasteiger partial charge in [0.05, 0.1) is 17.0 Å². The molecule has 0 aromatic heterocycles. The highest BCUT2D eigenvalue weighted by atomic mass is 32.2. The van der Waals surface area contributed by atoms with Crippen molar-refractivity contribution >= 4 is 10.0 Å². The zero-order valence-electron chi connectivity index (χ0n) is 10.3. The van der Waals surface area contributed by atoms with Crippen molar-refractivity contribution in [2.45, 2.75) is 31.2 Å². The minimum atomic E-state index is -3.45. The molecule has 0 radical (unpaired) electrons. The van der Waals surface area contributed by atoms with E-state index in [4.69, 9.17) is 4.74 Å². The van der Waals surface area contributed by atoms with Crippen LogP contribution in [0.1, 0.15) is 19.4 Å². The van der Waals surface area contributed by atoms with Crippen molar-refractivity contribution in [1.29, 1.82) is 0 Å². The summed E-state index contributed by atoms with van der Waals surface area (Å²) in [5.41, 5.74) is 0.560. The number of hydrogen-bond acceptors (Lipinski definition) is 3. The van der Waals surface area contributed by atoms with Crippen LogP contribution in [0.25, 0.3) is 0 Å². The molecule has 0 atom stereocenters. The fourth-order valence-corrected chi connectivity index (χ4v) is 3.51. The standard InChI is InChI=1S/C12H17NO3S/c1-10-4-6-11(7-5-10)17(14,15)13-9-16-8-12(13,2)3/h4-7H,8-9H2,1-3H3. The maximum absolute atomic E-state index is 12.4. The molecule has 0 unspecified atom stereocenters. The van der Waals surface area contributed by atoms with E-state index in [1.165, 1.54) is 4.31 Å². The summed E-state index contributed by atoms with van der Waals surface area (Å²) in [6.45, 7) is 6.22. The molecular weight excluding hydrogens is 238 g/mol. The Morgan fingerprint density at radius 1 is 1.24 bits per heavy atom. The van der Waals surface area contributed by atoms with Crippen LogP contribution in [0.5, 0.6) is 0 Å². The van der Waals surface area contributed by atoms with Crippen molar-refractivity contribution in [2.24, 2.45) is 0 Å². The van der Waals surface area contributed by atoms with E-state index >= 15 is 0 Å². The van der Waals surface area contributed by atoms with Gasteiger partial charge in [-0.05, 0) is 32.9 Å². The van der Waals surface area contributed by atoms with Crippen molar-refractivity contribution < 1.29 is 13.2 Å². The van der Waals surface area contributed by atoms with Gasteiger partial charge >= 0.3 is 0 Å². The maximum atomic E-state index is 12.4. The number of aryl methyl sites for hydroxylation is 1. The predicted molar refractivity (Wildman–Crippen MR) is 65.1 cm³/mol. The second-order valence-corrected chi connectivity index (χ2v) is 6.82. The molecule has 1 fully saturated rings. The molecule has 2 rings (SSSR count). The highest BCUT2D eigenvalue weighted by molar-refractivity contribution is 7.89. The highest BCUT2D eigenvalue weighted by Crippen LogP contribution is 2.29. The Kier molecular flexibility index (Phi) is 3.01. The Hall–Kier alpha value is -0.910. The predicted octanol–water partition coefficient (Wildman–Crippen LogP) is 1.75. The molecule has 1 heterocycles. The van der Waals surface area contributed by atoms with Gasteiger partial charge in [0, 0.05) is 0 Å². The minimum absolute atomic E-state index is 0.128. The van der Waals surface area contributed by atoms with Crippen molar-refractivity contribution in [3.05, 3.63) is 29.8 Å². The Morgan fingerprint density at radius 2 is 1.82 bits per heavy atom. The van der Waals surface area contributed by atoms with E-state index in [2.05, 4.69) is 0 Å². The van der Waals surface area contributed by atoms with Crippen LogP contribution in [0.3, 0.4) is 0 Å². The molecule has 0 amide bonds. The summed E-state index contributed by atoms with van der Waals surface area (Å²) in [5, 5.41) is 0. The van der Waals surface area contributed by atoms with Crippen molar-refractivity contribution in [3.8, 4) is 0 Å². The van der Waals surface area contributed by atoms with Gasteiger partial charge in [-0.3, -0.25) is 0 Å². The molecule has 4 nitrogen and oxygen atoms in total. The van der Waals surface area contributed by atoms with Crippen LogP contribution in [0.4, 0.5) is 0 Å². The average Bonchev–Trinajstić information content (AvgIpc) is 2.59. The quantitative estimate of drug-likeness (QED) is 0.809. The second kappa shape index (κ2) is 4.08. The number of hydrogen-bond donors (Lipinski definition) is 0. The second-order valence-electron chi connectivity index (χ2n) is 4.96. The number of ether oxygens (including phenoxy) is 1. The third-order valence-corrected chi connectivity index (χ3v) is 5.00. The lowest BCUT2D eigenvalue weighted by molar-refractivity contribution is 0.171. The topological polar surface area (TPSA) is 46.6 Å². The molecule has 1 saturated heterocycles. The largest absolute Gasteiger partial charge is 0.363 e. The molecule has 1 aromatic rings. The van der Waals surface area contributed by atoms with E-state index in [0.717, 1.165) is 5.56 Å². The first-order valence-electron chi connectivity index (χ1n) is 5.51. The van der Waals surface area contributed by atoms with Crippen LogP contribution in [0, 0.1) is 6.92 Å². The monoisotopic (exact) mass is 255 g/mol. The molecule has 5 heteroatoms. The number of benzene rings is 1. The number of nitrogens with zero attached hydrogens (tertiary/aromatic N) is 1. The SMILES string of the molecule is Cc1ccc(S(=O)(=O)N2COCC2(C)C)cc1. The van der Waals surface area contributed by atoms with Crippen molar-refractivity contribution in [2.75, 3.05) is 13.3 Å². The summed E-state index contributed by atoms with van der Waals surface area (Å²) in [6.07, 6.45) is 0. The molecule has 0 aliphatic carbocycles. The number of sulfonamides is 1. The average molecular weight is 255 g/mol. The van der Waals surface area contributed by atoms with Gasteiger partial charge in [0.15, 0.2) is 0 Å². The Bertz CT molecular complexity index is 505. The van der Waals surface area contributed by atoms with Crippen LogP contribution in [0.2, 0.25) is 0 Å². The van der Waals surface area contributed by atoms with Gasteiger partial charge in [-0.15, -0.1) is 0 Å². The summed E-state index contributed by atoms with van der Waals surface area (Å²) < 4.78 is 31.5. The molecule has 0 N–H and O–H groups in total. The van der Waals surface area contributed by atoms with Gasteiger partial charge in [0.25, 0.3) is 0 Å². The first kappa shape index (κ1) is 12.5. The van der Waals surface area contributed by atoms with Crippen LogP contribution in [0.15, 0.2) is 29.2 Å². The normalized spacial score (nSPS) is 20.6. The van der Waals surface area contributed by atoms with Crippen molar-refractivity contribution in [3.63, 3.8) is 0 Å². The lowest BCUT2D eigenvalue weighted by Gasteiger charge is -2.28. The summed E-state index contributed by atoms with van der Waals surface area (Å²) in [7, 11) is -3.45. The third-order valence-electron chi connectivity index (χ3n) is 2.95. The maximum Gasteiger partial charge on any atom is 0.245 e. The molecule has 0 spiro atoms. The minimum Gasteiger partial charge on any atom is -0.363 e. The van der Waals surface area contributed by atoms with Gasteiger partial charge in [-0.25, -0.2) is 8.42 Å². The van der Waals surface area contributed by atoms with Crippen LogP contribution in [-0.2, 0) is 14.8 Å². The Morgan fingerprint density at radius 3 is 2.29 bits per heavy atom. The lowest BCUT2D eigenvalue weighted by atomic mass is 10.1. The summed E-state index contributed by atoms with van der Waals surface area (Å²) in [5.74, 6) is 0. The van der Waals surface area contributed by atoms with Gasteiger partial charge < -0.3 is 4.74 Å². The molecular formula is C12H17NO3S. The summed E-state index contributed by atoms with van der Waals surface area (Å²) in [6, 6.07) is 6.88. The first-order valence-corrected chi connectivity index (χ1v) is 6.95. The lowest BCUT2D eigenvalue weighted by Crippen LogP contribution is -2.44.